The van der Waals surface area contributed by atoms with E-state index in [4.69, 9.17) is 9.63 Å². The molecule has 0 saturated heterocycles. The molecular weight excluding hydrogens is 335 g/mol. The van der Waals surface area contributed by atoms with Crippen LogP contribution in [-0.4, -0.2) is 22.6 Å². The van der Waals surface area contributed by atoms with Gasteiger partial charge in [-0.1, -0.05) is 23.9 Å². The molecule has 23 heavy (non-hydrogen) atoms. The molecule has 0 bridgehead atoms. The third kappa shape index (κ3) is 5.52. The van der Waals surface area contributed by atoms with Gasteiger partial charge in [0.2, 0.25) is 0 Å². The molecule has 5 nitrogen and oxygen atoms in total. The third-order valence-corrected chi connectivity index (χ3v) is 5.42. The summed E-state index contributed by atoms with van der Waals surface area (Å²) < 4.78 is 16.6. The molecule has 2 aromatic rings. The smallest absolute Gasteiger partial charge is 0.335 e. The molecule has 0 radical (unpaired) electrons. The molecule has 0 heterocycles. The third-order valence-electron chi connectivity index (χ3n) is 2.97. The summed E-state index contributed by atoms with van der Waals surface area (Å²) >= 11 is 1.49. The first-order chi connectivity index (χ1) is 10.9. The van der Waals surface area contributed by atoms with Gasteiger partial charge in [-0.25, -0.2) is 4.79 Å². The van der Waals surface area contributed by atoms with Crippen LogP contribution >= 0.6 is 19.4 Å². The van der Waals surface area contributed by atoms with Crippen LogP contribution in [0.1, 0.15) is 22.8 Å². The van der Waals surface area contributed by atoms with Gasteiger partial charge in [0.15, 0.2) is 0 Å². The summed E-state index contributed by atoms with van der Waals surface area (Å²) in [6.07, 6.45) is -0.0148. The summed E-state index contributed by atoms with van der Waals surface area (Å²) in [5, 5.41) is 8.87. The van der Waals surface area contributed by atoms with E-state index in [9.17, 15) is 14.3 Å². The summed E-state index contributed by atoms with van der Waals surface area (Å²) in [5.74, 6) is -0.950. The molecule has 0 saturated carbocycles. The maximum Gasteiger partial charge on any atom is 0.335 e. The Morgan fingerprint density at radius 3 is 2.09 bits per heavy atom. The Labute approximate surface area is 138 Å². The number of rotatable bonds is 7. The standard InChI is InChI=1S/C16H17O5PS/c1-2-21-22(19,20)11-12-3-7-14(8-4-12)23-15-9-5-13(6-10-15)16(17)18/h3-10H,2,11H2,1H3,(H,17,18)(H,19,20). The zero-order valence-corrected chi connectivity index (χ0v) is 14.2. The van der Waals surface area contributed by atoms with Crippen LogP contribution in [0.4, 0.5) is 0 Å². The molecule has 0 aromatic heterocycles. The Morgan fingerprint density at radius 1 is 1.09 bits per heavy atom. The zero-order valence-electron chi connectivity index (χ0n) is 12.5. The van der Waals surface area contributed by atoms with Crippen molar-refractivity contribution in [2.24, 2.45) is 0 Å². The fourth-order valence-corrected chi connectivity index (χ4v) is 3.93. The van der Waals surface area contributed by atoms with Crippen molar-refractivity contribution in [2.75, 3.05) is 6.61 Å². The van der Waals surface area contributed by atoms with E-state index in [-0.39, 0.29) is 18.3 Å². The minimum absolute atomic E-state index is 0.0148. The van der Waals surface area contributed by atoms with Crippen molar-refractivity contribution in [2.45, 2.75) is 22.9 Å². The lowest BCUT2D eigenvalue weighted by Crippen LogP contribution is -1.94. The minimum atomic E-state index is -3.57. The predicted molar refractivity (Wildman–Crippen MR) is 89.1 cm³/mol. The predicted octanol–water partition coefficient (Wildman–Crippen LogP) is 4.26. The Balaban J connectivity index is 2.02. The molecule has 0 aliphatic carbocycles. The fraction of sp³-hybridized carbons (Fsp3) is 0.188. The summed E-state index contributed by atoms with van der Waals surface area (Å²) in [4.78, 5) is 22.3. The van der Waals surface area contributed by atoms with Gasteiger partial charge >= 0.3 is 13.6 Å². The van der Waals surface area contributed by atoms with Gasteiger partial charge < -0.3 is 14.5 Å². The highest BCUT2D eigenvalue weighted by Crippen LogP contribution is 2.45. The lowest BCUT2D eigenvalue weighted by Gasteiger charge is -2.11. The van der Waals surface area contributed by atoms with Crippen LogP contribution in [0, 0.1) is 0 Å². The highest BCUT2D eigenvalue weighted by molar-refractivity contribution is 7.99. The lowest BCUT2D eigenvalue weighted by molar-refractivity contribution is 0.0696. The molecule has 2 aromatic carbocycles. The van der Waals surface area contributed by atoms with Crippen LogP contribution < -0.4 is 0 Å². The molecule has 0 fully saturated rings. The monoisotopic (exact) mass is 352 g/mol. The first-order valence-corrected chi connectivity index (χ1v) is 9.54. The number of carboxylic acid groups (broad SMARTS) is 1. The van der Waals surface area contributed by atoms with Crippen molar-refractivity contribution in [1.29, 1.82) is 0 Å². The average Bonchev–Trinajstić information content (AvgIpc) is 2.49. The van der Waals surface area contributed by atoms with Gasteiger partial charge in [-0.2, -0.15) is 0 Å². The zero-order chi connectivity index (χ0) is 16.9. The number of hydrogen-bond donors (Lipinski definition) is 2. The number of carboxylic acids is 1. The molecule has 122 valence electrons. The number of aromatic carboxylic acids is 1. The van der Waals surface area contributed by atoms with E-state index >= 15 is 0 Å². The molecule has 0 amide bonds. The Hall–Kier alpha value is -1.59. The molecule has 1 atom stereocenters. The van der Waals surface area contributed by atoms with Crippen LogP contribution in [0.2, 0.25) is 0 Å². The van der Waals surface area contributed by atoms with Gasteiger partial charge in [-0.15, -0.1) is 0 Å². The highest BCUT2D eigenvalue weighted by atomic mass is 32.2. The van der Waals surface area contributed by atoms with E-state index in [0.717, 1.165) is 15.4 Å². The first kappa shape index (κ1) is 17.8. The SMILES string of the molecule is CCOP(=O)(O)Cc1ccc(Sc2ccc(C(=O)O)cc2)cc1. The van der Waals surface area contributed by atoms with Crippen LogP contribution in [-0.2, 0) is 15.3 Å². The van der Waals surface area contributed by atoms with Crippen molar-refractivity contribution >= 4 is 25.3 Å². The van der Waals surface area contributed by atoms with E-state index in [1.165, 1.54) is 11.8 Å². The van der Waals surface area contributed by atoms with Crippen molar-refractivity contribution in [3.63, 3.8) is 0 Å². The van der Waals surface area contributed by atoms with Crippen LogP contribution in [0.25, 0.3) is 0 Å². The molecular formula is C16H17O5PS. The van der Waals surface area contributed by atoms with Gasteiger partial charge in [0.1, 0.15) is 0 Å². The largest absolute Gasteiger partial charge is 0.478 e. The summed E-state index contributed by atoms with van der Waals surface area (Å²) in [6, 6.07) is 13.9. The number of hydrogen-bond acceptors (Lipinski definition) is 4. The van der Waals surface area contributed by atoms with Crippen LogP contribution in [0.15, 0.2) is 58.3 Å². The van der Waals surface area contributed by atoms with E-state index in [1.807, 2.05) is 12.1 Å². The molecule has 0 aliphatic heterocycles. The quantitative estimate of drug-likeness (QED) is 0.725. The Bertz CT molecular complexity index is 712. The highest BCUT2D eigenvalue weighted by Gasteiger charge is 2.18. The molecule has 7 heteroatoms. The summed E-state index contributed by atoms with van der Waals surface area (Å²) in [7, 11) is -3.57. The van der Waals surface area contributed by atoms with Crippen LogP contribution in [0.5, 0.6) is 0 Å². The second-order valence-corrected chi connectivity index (χ2v) is 7.79. The maximum atomic E-state index is 11.7. The Kier molecular flexibility index (Phi) is 6.02. The van der Waals surface area contributed by atoms with E-state index < -0.39 is 13.6 Å². The van der Waals surface area contributed by atoms with E-state index in [2.05, 4.69) is 0 Å². The fourth-order valence-electron chi connectivity index (χ4n) is 1.94. The van der Waals surface area contributed by atoms with E-state index in [0.29, 0.717) is 0 Å². The van der Waals surface area contributed by atoms with Crippen molar-refractivity contribution in [3.05, 3.63) is 59.7 Å². The topological polar surface area (TPSA) is 83.8 Å². The maximum absolute atomic E-state index is 11.7. The van der Waals surface area contributed by atoms with Gasteiger partial charge in [0.25, 0.3) is 0 Å². The summed E-state index contributed by atoms with van der Waals surface area (Å²) in [5.41, 5.74) is 0.981. The molecule has 0 aliphatic rings. The molecule has 2 N–H and O–H groups in total. The van der Waals surface area contributed by atoms with Crippen molar-refractivity contribution in [3.8, 4) is 0 Å². The normalized spacial score (nSPS) is 13.5. The van der Waals surface area contributed by atoms with Gasteiger partial charge in [-0.3, -0.25) is 4.57 Å². The van der Waals surface area contributed by atoms with Crippen molar-refractivity contribution in [1.82, 2.24) is 0 Å². The van der Waals surface area contributed by atoms with E-state index in [1.54, 1.807) is 43.3 Å². The molecule has 0 spiro atoms. The first-order valence-electron chi connectivity index (χ1n) is 6.96. The average molecular weight is 352 g/mol. The second kappa shape index (κ2) is 7.79. The minimum Gasteiger partial charge on any atom is -0.478 e. The number of carbonyl (C=O) groups is 1. The second-order valence-electron chi connectivity index (χ2n) is 4.79. The lowest BCUT2D eigenvalue weighted by atomic mass is 10.2. The molecule has 1 unspecified atom stereocenters. The summed E-state index contributed by atoms with van der Waals surface area (Å²) in [6.45, 7) is 1.88. The number of benzene rings is 2. The molecule has 2 rings (SSSR count). The van der Waals surface area contributed by atoms with Crippen LogP contribution in [0.3, 0.4) is 0 Å². The van der Waals surface area contributed by atoms with Gasteiger partial charge in [0.05, 0.1) is 18.3 Å². The Morgan fingerprint density at radius 2 is 1.61 bits per heavy atom. The van der Waals surface area contributed by atoms with Gasteiger partial charge in [0, 0.05) is 9.79 Å². The van der Waals surface area contributed by atoms with Gasteiger partial charge in [-0.05, 0) is 48.9 Å². The van der Waals surface area contributed by atoms with Crippen molar-refractivity contribution < 1.29 is 23.9 Å².